The van der Waals surface area contributed by atoms with Crippen molar-refractivity contribution in [2.45, 2.75) is 25.0 Å². The van der Waals surface area contributed by atoms with Gasteiger partial charge in [-0.3, -0.25) is 0 Å². The van der Waals surface area contributed by atoms with Crippen molar-refractivity contribution in [3.63, 3.8) is 0 Å². The highest BCUT2D eigenvalue weighted by atomic mass is 35.5. The summed E-state index contributed by atoms with van der Waals surface area (Å²) in [4.78, 5) is 2.18. The molecule has 0 bridgehead atoms. The molecule has 1 heterocycles. The number of ether oxygens (including phenoxy) is 1. The van der Waals surface area contributed by atoms with Gasteiger partial charge in [-0.05, 0) is 19.9 Å². The average Bonchev–Trinajstić information content (AvgIpc) is 2.19. The van der Waals surface area contributed by atoms with Crippen LogP contribution in [0, 0.1) is 0 Å². The Kier molecular flexibility index (Phi) is 5.02. The van der Waals surface area contributed by atoms with Crippen LogP contribution in [-0.2, 0) is 4.74 Å². The van der Waals surface area contributed by atoms with E-state index in [0.717, 1.165) is 26.1 Å². The van der Waals surface area contributed by atoms with Crippen LogP contribution < -0.4 is 0 Å². The summed E-state index contributed by atoms with van der Waals surface area (Å²) in [5.74, 6) is 0.313. The van der Waals surface area contributed by atoms with Crippen molar-refractivity contribution in [1.82, 2.24) is 4.90 Å². The maximum absolute atomic E-state index is 9.35. The van der Waals surface area contributed by atoms with Gasteiger partial charge < -0.3 is 14.7 Å². The number of nitrogens with zero attached hydrogens (tertiary/aromatic N) is 1. The van der Waals surface area contributed by atoms with E-state index in [1.807, 2.05) is 7.05 Å². The number of halogens is 1. The largest absolute Gasteiger partial charge is 0.391 e. The van der Waals surface area contributed by atoms with Gasteiger partial charge in [-0.2, -0.15) is 0 Å². The van der Waals surface area contributed by atoms with E-state index in [1.165, 1.54) is 0 Å². The lowest BCUT2D eigenvalue weighted by atomic mass is 10.1. The molecule has 0 aromatic carbocycles. The predicted octanol–water partition coefficient (Wildman–Crippen LogP) is 0.697. The zero-order valence-electron chi connectivity index (χ0n) is 8.08. The highest BCUT2D eigenvalue weighted by Gasteiger charge is 2.19. The molecule has 1 N–H and O–H groups in total. The molecule has 4 heteroatoms. The molecule has 1 aliphatic heterocycles. The SMILES string of the molecule is CN(CC(O)CCl)C1CCOCC1. The summed E-state index contributed by atoms with van der Waals surface area (Å²) in [6, 6.07) is 0.548. The first-order valence-electron chi connectivity index (χ1n) is 4.76. The van der Waals surface area contributed by atoms with E-state index in [2.05, 4.69) is 4.90 Å². The highest BCUT2D eigenvalue weighted by Crippen LogP contribution is 2.12. The molecule has 0 radical (unpaired) electrons. The second-order valence-electron chi connectivity index (χ2n) is 3.59. The van der Waals surface area contributed by atoms with E-state index >= 15 is 0 Å². The summed E-state index contributed by atoms with van der Waals surface area (Å²) in [6.45, 7) is 2.34. The summed E-state index contributed by atoms with van der Waals surface area (Å²) < 4.78 is 5.27. The number of hydrogen-bond donors (Lipinski definition) is 1. The van der Waals surface area contributed by atoms with Crippen LogP contribution in [0.1, 0.15) is 12.8 Å². The van der Waals surface area contributed by atoms with Crippen LogP contribution in [-0.4, -0.2) is 54.8 Å². The molecule has 0 saturated carbocycles. The number of hydrogen-bond acceptors (Lipinski definition) is 3. The minimum atomic E-state index is -0.408. The third-order valence-corrected chi connectivity index (χ3v) is 2.85. The molecule has 1 unspecified atom stereocenters. The normalized spacial score (nSPS) is 22.2. The van der Waals surface area contributed by atoms with Crippen LogP contribution in [0.2, 0.25) is 0 Å². The van der Waals surface area contributed by atoms with Crippen LogP contribution in [0.4, 0.5) is 0 Å². The number of alkyl halides is 1. The molecule has 3 nitrogen and oxygen atoms in total. The Morgan fingerprint density at radius 2 is 2.15 bits per heavy atom. The average molecular weight is 208 g/mol. The summed E-state index contributed by atoms with van der Waals surface area (Å²) in [7, 11) is 2.03. The fraction of sp³-hybridized carbons (Fsp3) is 1.00. The van der Waals surface area contributed by atoms with Gasteiger partial charge in [-0.25, -0.2) is 0 Å². The standard InChI is InChI=1S/C9H18ClNO2/c1-11(7-9(12)6-10)8-2-4-13-5-3-8/h8-9,12H,2-7H2,1H3. The van der Waals surface area contributed by atoms with Crippen molar-refractivity contribution < 1.29 is 9.84 Å². The quantitative estimate of drug-likeness (QED) is 0.689. The lowest BCUT2D eigenvalue weighted by Gasteiger charge is -2.32. The van der Waals surface area contributed by atoms with Gasteiger partial charge in [-0.15, -0.1) is 11.6 Å². The maximum atomic E-state index is 9.35. The van der Waals surface area contributed by atoms with Gasteiger partial charge in [-0.1, -0.05) is 0 Å². The molecule has 0 aromatic rings. The summed E-state index contributed by atoms with van der Waals surface area (Å²) >= 11 is 5.53. The molecule has 0 aliphatic carbocycles. The lowest BCUT2D eigenvalue weighted by Crippen LogP contribution is -2.41. The first-order valence-corrected chi connectivity index (χ1v) is 5.29. The van der Waals surface area contributed by atoms with E-state index in [4.69, 9.17) is 16.3 Å². The lowest BCUT2D eigenvalue weighted by molar-refractivity contribution is 0.0288. The Hall–Kier alpha value is 0.170. The molecule has 78 valence electrons. The summed E-state index contributed by atoms with van der Waals surface area (Å²) in [6.07, 6.45) is 1.71. The first-order chi connectivity index (χ1) is 6.24. The van der Waals surface area contributed by atoms with E-state index in [0.29, 0.717) is 18.5 Å². The smallest absolute Gasteiger partial charge is 0.0802 e. The zero-order valence-corrected chi connectivity index (χ0v) is 8.83. The van der Waals surface area contributed by atoms with E-state index in [9.17, 15) is 5.11 Å². The Bertz CT molecular complexity index is 140. The van der Waals surface area contributed by atoms with Crippen molar-refractivity contribution in [1.29, 1.82) is 0 Å². The van der Waals surface area contributed by atoms with Crippen LogP contribution in [0.5, 0.6) is 0 Å². The number of rotatable bonds is 4. The minimum Gasteiger partial charge on any atom is -0.391 e. The summed E-state index contributed by atoms with van der Waals surface area (Å²) in [5.41, 5.74) is 0. The maximum Gasteiger partial charge on any atom is 0.0802 e. The van der Waals surface area contributed by atoms with Crippen molar-refractivity contribution in [2.75, 3.05) is 32.7 Å². The molecule has 0 aromatic heterocycles. The number of aliphatic hydroxyl groups excluding tert-OH is 1. The molecule has 1 saturated heterocycles. The van der Waals surface area contributed by atoms with Gasteiger partial charge in [0.25, 0.3) is 0 Å². The molecule has 1 fully saturated rings. The molecule has 0 amide bonds. The third-order valence-electron chi connectivity index (χ3n) is 2.49. The van der Waals surface area contributed by atoms with Gasteiger partial charge in [0.1, 0.15) is 0 Å². The third kappa shape index (κ3) is 3.81. The minimum absolute atomic E-state index is 0.313. The molecular weight excluding hydrogens is 190 g/mol. The van der Waals surface area contributed by atoms with Crippen LogP contribution in [0.25, 0.3) is 0 Å². The van der Waals surface area contributed by atoms with Gasteiger partial charge in [0.05, 0.1) is 6.10 Å². The van der Waals surface area contributed by atoms with Gasteiger partial charge in [0.15, 0.2) is 0 Å². The number of likely N-dealkylation sites (N-methyl/N-ethyl adjacent to an activating group) is 1. The van der Waals surface area contributed by atoms with Crippen LogP contribution in [0.3, 0.4) is 0 Å². The molecule has 13 heavy (non-hydrogen) atoms. The second-order valence-corrected chi connectivity index (χ2v) is 3.90. The van der Waals surface area contributed by atoms with Crippen molar-refractivity contribution in [2.24, 2.45) is 0 Å². The predicted molar refractivity (Wildman–Crippen MR) is 53.2 cm³/mol. The van der Waals surface area contributed by atoms with Crippen LogP contribution in [0.15, 0.2) is 0 Å². The van der Waals surface area contributed by atoms with E-state index in [1.54, 1.807) is 0 Å². The Morgan fingerprint density at radius 1 is 1.54 bits per heavy atom. The molecule has 1 atom stereocenters. The summed E-state index contributed by atoms with van der Waals surface area (Å²) in [5, 5.41) is 9.35. The molecular formula is C9H18ClNO2. The number of aliphatic hydroxyl groups is 1. The van der Waals surface area contributed by atoms with Crippen molar-refractivity contribution in [3.05, 3.63) is 0 Å². The fourth-order valence-corrected chi connectivity index (χ4v) is 1.75. The monoisotopic (exact) mass is 207 g/mol. The highest BCUT2D eigenvalue weighted by molar-refractivity contribution is 6.18. The molecule has 0 spiro atoms. The fourth-order valence-electron chi connectivity index (χ4n) is 1.66. The second kappa shape index (κ2) is 5.81. The van der Waals surface area contributed by atoms with E-state index < -0.39 is 6.10 Å². The van der Waals surface area contributed by atoms with Crippen LogP contribution >= 0.6 is 11.6 Å². The van der Waals surface area contributed by atoms with Gasteiger partial charge in [0, 0.05) is 31.7 Å². The first kappa shape index (κ1) is 11.2. The molecule has 1 aliphatic rings. The Labute approximate surface area is 84.6 Å². The van der Waals surface area contributed by atoms with Crippen molar-refractivity contribution >= 4 is 11.6 Å². The Balaban J connectivity index is 2.24. The van der Waals surface area contributed by atoms with Gasteiger partial charge in [0.2, 0.25) is 0 Å². The molecule has 1 rings (SSSR count). The zero-order chi connectivity index (χ0) is 9.68. The topological polar surface area (TPSA) is 32.7 Å². The van der Waals surface area contributed by atoms with E-state index in [-0.39, 0.29) is 0 Å². The van der Waals surface area contributed by atoms with Gasteiger partial charge >= 0.3 is 0 Å². The Morgan fingerprint density at radius 3 is 2.69 bits per heavy atom. The van der Waals surface area contributed by atoms with Crippen molar-refractivity contribution in [3.8, 4) is 0 Å².